The molecule has 1 aliphatic carbocycles. The third-order valence-corrected chi connectivity index (χ3v) is 4.17. The molecular weight excluding hydrogens is 334 g/mol. The lowest BCUT2D eigenvalue weighted by Crippen LogP contribution is -2.29. The molecule has 0 spiro atoms. The summed E-state index contributed by atoms with van der Waals surface area (Å²) in [4.78, 5) is 11.6. The van der Waals surface area contributed by atoms with E-state index >= 15 is 0 Å². The molecular formula is C18H19N5O3. The van der Waals surface area contributed by atoms with Crippen LogP contribution in [0.25, 0.3) is 17.0 Å². The molecule has 1 N–H and O–H groups in total. The van der Waals surface area contributed by atoms with E-state index in [1.54, 1.807) is 23.8 Å². The van der Waals surface area contributed by atoms with Gasteiger partial charge in [0.05, 0.1) is 13.7 Å². The minimum Gasteiger partial charge on any atom is -0.497 e. The molecule has 0 saturated heterocycles. The summed E-state index contributed by atoms with van der Waals surface area (Å²) in [5.74, 6) is 2.09. The van der Waals surface area contributed by atoms with E-state index in [0.29, 0.717) is 30.5 Å². The molecule has 0 radical (unpaired) electrons. The van der Waals surface area contributed by atoms with Gasteiger partial charge in [0.25, 0.3) is 0 Å². The van der Waals surface area contributed by atoms with Crippen LogP contribution in [0.4, 0.5) is 0 Å². The van der Waals surface area contributed by atoms with Crippen LogP contribution in [0.2, 0.25) is 0 Å². The van der Waals surface area contributed by atoms with Gasteiger partial charge in [-0.05, 0) is 31.0 Å². The summed E-state index contributed by atoms with van der Waals surface area (Å²) >= 11 is 0. The lowest BCUT2D eigenvalue weighted by atomic mass is 10.2. The van der Waals surface area contributed by atoms with Gasteiger partial charge in [0.2, 0.25) is 11.8 Å². The molecule has 1 saturated carbocycles. The number of nitrogens with one attached hydrogen (secondary N) is 1. The number of hydrogen-bond donors (Lipinski definition) is 1. The summed E-state index contributed by atoms with van der Waals surface area (Å²) in [7, 11) is 1.62. The van der Waals surface area contributed by atoms with Crippen molar-refractivity contribution in [3.63, 3.8) is 0 Å². The van der Waals surface area contributed by atoms with Crippen LogP contribution in [0.5, 0.6) is 11.6 Å². The second kappa shape index (κ2) is 6.99. The third-order valence-electron chi connectivity index (χ3n) is 4.17. The van der Waals surface area contributed by atoms with E-state index < -0.39 is 0 Å². The molecule has 1 fully saturated rings. The molecule has 3 aromatic rings. The van der Waals surface area contributed by atoms with Crippen molar-refractivity contribution >= 4 is 11.6 Å². The number of fused-ring (bicyclic) bond motifs is 1. The van der Waals surface area contributed by atoms with Gasteiger partial charge in [0.1, 0.15) is 12.4 Å². The first-order chi connectivity index (χ1) is 12.7. The fraction of sp³-hybridized carbons (Fsp3) is 0.333. The summed E-state index contributed by atoms with van der Waals surface area (Å²) in [6, 6.07) is 11.1. The van der Waals surface area contributed by atoms with E-state index in [1.165, 1.54) is 0 Å². The Morgan fingerprint density at radius 3 is 2.96 bits per heavy atom. The molecule has 1 aliphatic rings. The lowest BCUT2D eigenvalue weighted by Gasteiger charge is -2.07. The zero-order valence-corrected chi connectivity index (χ0v) is 14.4. The lowest BCUT2D eigenvalue weighted by molar-refractivity contribution is -0.122. The Balaban J connectivity index is 1.48. The molecule has 26 heavy (non-hydrogen) atoms. The quantitative estimate of drug-likeness (QED) is 0.650. The standard InChI is InChI=1S/C18H19N5O3/c1-25-14-4-2-3-13(11-14)17-21-20-15-7-8-16(22-23(15)17)26-10-9-19-18(24)12-5-6-12/h2-4,7-8,11-12H,5-6,9-10H2,1H3,(H,19,24). The van der Waals surface area contributed by atoms with E-state index in [1.807, 2.05) is 24.3 Å². The fourth-order valence-corrected chi connectivity index (χ4v) is 2.61. The topological polar surface area (TPSA) is 90.6 Å². The smallest absolute Gasteiger partial charge is 0.231 e. The number of hydrogen-bond acceptors (Lipinski definition) is 6. The van der Waals surface area contributed by atoms with Crippen molar-refractivity contribution in [2.75, 3.05) is 20.3 Å². The Hall–Kier alpha value is -3.16. The van der Waals surface area contributed by atoms with Crippen LogP contribution in [-0.2, 0) is 4.79 Å². The number of carbonyl (C=O) groups is 1. The van der Waals surface area contributed by atoms with Gasteiger partial charge in [0, 0.05) is 17.5 Å². The number of benzene rings is 1. The second-order valence-electron chi connectivity index (χ2n) is 6.11. The first kappa shape index (κ1) is 16.3. The van der Waals surface area contributed by atoms with E-state index in [2.05, 4.69) is 20.6 Å². The van der Waals surface area contributed by atoms with Crippen LogP contribution < -0.4 is 14.8 Å². The Labute approximate surface area is 150 Å². The molecule has 4 rings (SSSR count). The first-order valence-electron chi connectivity index (χ1n) is 8.52. The van der Waals surface area contributed by atoms with Crippen LogP contribution in [0.1, 0.15) is 12.8 Å². The van der Waals surface area contributed by atoms with Gasteiger partial charge < -0.3 is 14.8 Å². The van der Waals surface area contributed by atoms with Crippen molar-refractivity contribution < 1.29 is 14.3 Å². The normalized spacial score (nSPS) is 13.6. The molecule has 0 bridgehead atoms. The number of ether oxygens (including phenoxy) is 2. The van der Waals surface area contributed by atoms with Gasteiger partial charge in [-0.1, -0.05) is 12.1 Å². The molecule has 0 unspecified atom stereocenters. The molecule has 2 heterocycles. The molecule has 0 atom stereocenters. The highest BCUT2D eigenvalue weighted by Crippen LogP contribution is 2.28. The number of amides is 1. The van der Waals surface area contributed by atoms with Gasteiger partial charge in [-0.25, -0.2) is 0 Å². The Kier molecular flexibility index (Phi) is 4.39. The Morgan fingerprint density at radius 1 is 1.27 bits per heavy atom. The van der Waals surface area contributed by atoms with E-state index in [4.69, 9.17) is 9.47 Å². The van der Waals surface area contributed by atoms with Gasteiger partial charge >= 0.3 is 0 Å². The zero-order valence-electron chi connectivity index (χ0n) is 14.4. The van der Waals surface area contributed by atoms with E-state index in [0.717, 1.165) is 24.2 Å². The number of carbonyl (C=O) groups excluding carboxylic acids is 1. The number of rotatable bonds is 7. The molecule has 0 aliphatic heterocycles. The van der Waals surface area contributed by atoms with Gasteiger partial charge in [-0.15, -0.1) is 15.3 Å². The fourth-order valence-electron chi connectivity index (χ4n) is 2.61. The molecule has 1 amide bonds. The highest BCUT2D eigenvalue weighted by Gasteiger charge is 2.29. The van der Waals surface area contributed by atoms with Crippen LogP contribution in [0, 0.1) is 5.92 Å². The Morgan fingerprint density at radius 2 is 2.15 bits per heavy atom. The summed E-state index contributed by atoms with van der Waals surface area (Å²) in [5.41, 5.74) is 1.47. The van der Waals surface area contributed by atoms with E-state index in [-0.39, 0.29) is 11.8 Å². The summed E-state index contributed by atoms with van der Waals surface area (Å²) in [5, 5.41) is 15.7. The largest absolute Gasteiger partial charge is 0.497 e. The highest BCUT2D eigenvalue weighted by molar-refractivity contribution is 5.80. The third kappa shape index (κ3) is 3.44. The summed E-state index contributed by atoms with van der Waals surface area (Å²) < 4.78 is 12.5. The number of nitrogens with zero attached hydrogens (tertiary/aromatic N) is 4. The SMILES string of the molecule is COc1cccc(-c2nnc3ccc(OCCNC(=O)C4CC4)nn23)c1. The average molecular weight is 353 g/mol. The highest BCUT2D eigenvalue weighted by atomic mass is 16.5. The maximum Gasteiger partial charge on any atom is 0.231 e. The van der Waals surface area contributed by atoms with Crippen molar-refractivity contribution in [3.05, 3.63) is 36.4 Å². The number of aromatic nitrogens is 4. The van der Waals surface area contributed by atoms with Crippen LogP contribution in [0.15, 0.2) is 36.4 Å². The molecule has 1 aromatic carbocycles. The molecule has 134 valence electrons. The molecule has 2 aromatic heterocycles. The average Bonchev–Trinajstić information content (AvgIpc) is 3.45. The van der Waals surface area contributed by atoms with E-state index in [9.17, 15) is 4.79 Å². The van der Waals surface area contributed by atoms with Crippen molar-refractivity contribution in [1.82, 2.24) is 25.1 Å². The van der Waals surface area contributed by atoms with Crippen LogP contribution in [0.3, 0.4) is 0 Å². The molecule has 8 heteroatoms. The van der Waals surface area contributed by atoms with Crippen molar-refractivity contribution in [1.29, 1.82) is 0 Å². The zero-order chi connectivity index (χ0) is 17.9. The van der Waals surface area contributed by atoms with Crippen molar-refractivity contribution in [2.24, 2.45) is 5.92 Å². The minimum absolute atomic E-state index is 0.108. The molecule has 8 nitrogen and oxygen atoms in total. The summed E-state index contributed by atoms with van der Waals surface area (Å²) in [6.07, 6.45) is 1.98. The first-order valence-corrected chi connectivity index (χ1v) is 8.52. The van der Waals surface area contributed by atoms with Gasteiger partial charge in [-0.3, -0.25) is 4.79 Å². The van der Waals surface area contributed by atoms with Crippen LogP contribution >= 0.6 is 0 Å². The monoisotopic (exact) mass is 353 g/mol. The van der Waals surface area contributed by atoms with Crippen LogP contribution in [-0.4, -0.2) is 46.0 Å². The van der Waals surface area contributed by atoms with Gasteiger partial charge in [-0.2, -0.15) is 4.52 Å². The van der Waals surface area contributed by atoms with Gasteiger partial charge in [0.15, 0.2) is 11.5 Å². The van der Waals surface area contributed by atoms with Crippen molar-refractivity contribution in [2.45, 2.75) is 12.8 Å². The predicted molar refractivity (Wildman–Crippen MR) is 94.0 cm³/mol. The summed E-state index contributed by atoms with van der Waals surface area (Å²) in [6.45, 7) is 0.813. The second-order valence-corrected chi connectivity index (χ2v) is 6.11. The Bertz CT molecular complexity index is 935. The van der Waals surface area contributed by atoms with Crippen molar-refractivity contribution in [3.8, 4) is 23.0 Å². The predicted octanol–water partition coefficient (Wildman–Crippen LogP) is 1.70. The maximum absolute atomic E-state index is 11.6. The maximum atomic E-state index is 11.6. The number of methoxy groups -OCH3 is 1. The minimum atomic E-state index is 0.108.